The minimum absolute atomic E-state index is 0.296. The Hall–Kier alpha value is -1.62. The number of hydrogen-bond acceptors (Lipinski definition) is 3. The van der Waals surface area contributed by atoms with Crippen LogP contribution in [-0.2, 0) is 4.79 Å². The first-order chi connectivity index (χ1) is 10.9. The number of methoxy groups -OCH3 is 1. The fourth-order valence-corrected chi connectivity index (χ4v) is 2.36. The van der Waals surface area contributed by atoms with Crippen molar-refractivity contribution >= 4 is 46.4 Å². The predicted octanol–water partition coefficient (Wildman–Crippen LogP) is 5.06. The van der Waals surface area contributed by atoms with Crippen LogP contribution >= 0.6 is 34.8 Å². The third-order valence-corrected chi connectivity index (χ3v) is 4.04. The van der Waals surface area contributed by atoms with E-state index in [4.69, 9.17) is 44.3 Å². The molecular formula is C16H14Cl3NO3. The van der Waals surface area contributed by atoms with Gasteiger partial charge in [0.1, 0.15) is 11.5 Å². The van der Waals surface area contributed by atoms with Crippen molar-refractivity contribution in [2.45, 2.75) is 13.0 Å². The molecule has 0 spiro atoms. The van der Waals surface area contributed by atoms with Crippen LogP contribution in [0.3, 0.4) is 0 Å². The van der Waals surface area contributed by atoms with E-state index in [9.17, 15) is 4.79 Å². The Labute approximate surface area is 149 Å². The zero-order valence-electron chi connectivity index (χ0n) is 12.4. The van der Waals surface area contributed by atoms with Gasteiger partial charge in [-0.1, -0.05) is 34.8 Å². The Morgan fingerprint density at radius 2 is 1.57 bits per heavy atom. The van der Waals surface area contributed by atoms with Crippen LogP contribution in [0.25, 0.3) is 0 Å². The van der Waals surface area contributed by atoms with Crippen molar-refractivity contribution in [2.75, 3.05) is 12.4 Å². The molecule has 7 heteroatoms. The van der Waals surface area contributed by atoms with E-state index in [-0.39, 0.29) is 5.91 Å². The number of anilines is 1. The topological polar surface area (TPSA) is 47.6 Å². The molecule has 122 valence electrons. The van der Waals surface area contributed by atoms with Crippen LogP contribution < -0.4 is 14.8 Å². The monoisotopic (exact) mass is 373 g/mol. The van der Waals surface area contributed by atoms with Crippen LogP contribution in [0.4, 0.5) is 5.69 Å². The Bertz CT molecular complexity index is 704. The minimum Gasteiger partial charge on any atom is -0.497 e. The summed E-state index contributed by atoms with van der Waals surface area (Å²) in [5.74, 6) is 0.895. The van der Waals surface area contributed by atoms with E-state index >= 15 is 0 Å². The molecule has 0 aliphatic heterocycles. The molecule has 2 aromatic carbocycles. The van der Waals surface area contributed by atoms with Gasteiger partial charge in [0.15, 0.2) is 6.10 Å². The number of benzene rings is 2. The molecule has 1 amide bonds. The third-order valence-electron chi connectivity index (χ3n) is 3.01. The maximum Gasteiger partial charge on any atom is 0.265 e. The van der Waals surface area contributed by atoms with E-state index in [0.29, 0.717) is 32.3 Å². The maximum atomic E-state index is 12.2. The van der Waals surface area contributed by atoms with Crippen LogP contribution in [0, 0.1) is 0 Å². The van der Waals surface area contributed by atoms with Gasteiger partial charge in [-0.05, 0) is 43.3 Å². The van der Waals surface area contributed by atoms with Crippen LogP contribution in [0.15, 0.2) is 36.4 Å². The van der Waals surface area contributed by atoms with Gasteiger partial charge < -0.3 is 14.8 Å². The number of carbonyl (C=O) groups excluding carboxylic acids is 1. The molecular weight excluding hydrogens is 361 g/mol. The van der Waals surface area contributed by atoms with E-state index < -0.39 is 6.10 Å². The molecule has 23 heavy (non-hydrogen) atoms. The van der Waals surface area contributed by atoms with E-state index in [1.807, 2.05) is 0 Å². The largest absolute Gasteiger partial charge is 0.497 e. The van der Waals surface area contributed by atoms with Crippen molar-refractivity contribution in [3.63, 3.8) is 0 Å². The standard InChI is InChI=1S/C16H14Cl3NO3/c1-9(23-11-5-3-10(22-2)4-6-11)16(21)20-15-8-13(18)12(17)7-14(15)19/h3-9H,1-2H3,(H,20,21)/t9-/m0/s1. The lowest BCUT2D eigenvalue weighted by molar-refractivity contribution is -0.122. The zero-order valence-corrected chi connectivity index (χ0v) is 14.7. The summed E-state index contributed by atoms with van der Waals surface area (Å²) in [4.78, 5) is 12.2. The fourth-order valence-electron chi connectivity index (χ4n) is 1.76. The van der Waals surface area contributed by atoms with Gasteiger partial charge in [-0.2, -0.15) is 0 Å². The zero-order chi connectivity index (χ0) is 17.0. The lowest BCUT2D eigenvalue weighted by Crippen LogP contribution is -2.30. The van der Waals surface area contributed by atoms with Crippen LogP contribution in [-0.4, -0.2) is 19.1 Å². The molecule has 0 unspecified atom stereocenters. The van der Waals surface area contributed by atoms with Crippen molar-refractivity contribution < 1.29 is 14.3 Å². The number of amides is 1. The number of rotatable bonds is 5. The second kappa shape index (κ2) is 7.77. The average molecular weight is 375 g/mol. The van der Waals surface area contributed by atoms with Crippen molar-refractivity contribution in [3.8, 4) is 11.5 Å². The van der Waals surface area contributed by atoms with Crippen molar-refractivity contribution in [1.82, 2.24) is 0 Å². The summed E-state index contributed by atoms with van der Waals surface area (Å²) in [6.45, 7) is 1.63. The van der Waals surface area contributed by atoms with Crippen molar-refractivity contribution in [3.05, 3.63) is 51.5 Å². The summed E-state index contributed by atoms with van der Waals surface area (Å²) in [6, 6.07) is 9.88. The minimum atomic E-state index is -0.728. The lowest BCUT2D eigenvalue weighted by atomic mass is 10.3. The number of nitrogens with one attached hydrogen (secondary N) is 1. The Balaban J connectivity index is 2.03. The molecule has 4 nitrogen and oxygen atoms in total. The highest BCUT2D eigenvalue weighted by molar-refractivity contribution is 6.44. The second-order valence-electron chi connectivity index (χ2n) is 4.67. The normalized spacial score (nSPS) is 11.7. The number of ether oxygens (including phenoxy) is 2. The fraction of sp³-hybridized carbons (Fsp3) is 0.188. The molecule has 0 radical (unpaired) electrons. The summed E-state index contributed by atoms with van der Waals surface area (Å²) >= 11 is 17.8. The van der Waals surface area contributed by atoms with Gasteiger partial charge in [-0.25, -0.2) is 0 Å². The number of hydrogen-bond donors (Lipinski definition) is 1. The molecule has 0 bridgehead atoms. The summed E-state index contributed by atoms with van der Waals surface area (Å²) in [5, 5.41) is 3.57. The van der Waals surface area contributed by atoms with Crippen molar-refractivity contribution in [2.24, 2.45) is 0 Å². The highest BCUT2D eigenvalue weighted by Gasteiger charge is 2.17. The first-order valence-electron chi connectivity index (χ1n) is 6.67. The second-order valence-corrected chi connectivity index (χ2v) is 5.89. The molecule has 0 aromatic heterocycles. The quantitative estimate of drug-likeness (QED) is 0.744. The van der Waals surface area contributed by atoms with E-state index in [1.165, 1.54) is 12.1 Å². The van der Waals surface area contributed by atoms with E-state index in [1.54, 1.807) is 38.3 Å². The molecule has 0 aliphatic carbocycles. The van der Waals surface area contributed by atoms with E-state index in [2.05, 4.69) is 5.32 Å². The Morgan fingerprint density at radius 3 is 2.17 bits per heavy atom. The molecule has 0 fully saturated rings. The summed E-state index contributed by atoms with van der Waals surface area (Å²) in [7, 11) is 1.58. The van der Waals surface area contributed by atoms with Gasteiger partial charge in [0, 0.05) is 0 Å². The van der Waals surface area contributed by atoms with Gasteiger partial charge in [0.25, 0.3) is 5.91 Å². The van der Waals surface area contributed by atoms with Crippen molar-refractivity contribution in [1.29, 1.82) is 0 Å². The molecule has 0 saturated carbocycles. The van der Waals surface area contributed by atoms with Gasteiger partial charge >= 0.3 is 0 Å². The van der Waals surface area contributed by atoms with Gasteiger partial charge in [-0.15, -0.1) is 0 Å². The average Bonchev–Trinajstić information content (AvgIpc) is 2.53. The smallest absolute Gasteiger partial charge is 0.265 e. The van der Waals surface area contributed by atoms with Crippen LogP contribution in [0.5, 0.6) is 11.5 Å². The maximum absolute atomic E-state index is 12.2. The molecule has 0 aliphatic rings. The number of halogens is 3. The van der Waals surface area contributed by atoms with Gasteiger partial charge in [0.2, 0.25) is 0 Å². The third kappa shape index (κ3) is 4.67. The van der Waals surface area contributed by atoms with Gasteiger partial charge in [0.05, 0.1) is 27.9 Å². The summed E-state index contributed by atoms with van der Waals surface area (Å²) in [6.07, 6.45) is -0.728. The summed E-state index contributed by atoms with van der Waals surface area (Å²) in [5.41, 5.74) is 0.372. The van der Waals surface area contributed by atoms with E-state index in [0.717, 1.165) is 0 Å². The molecule has 2 aromatic rings. The Kier molecular flexibility index (Phi) is 5.99. The van der Waals surface area contributed by atoms with Gasteiger partial charge in [-0.3, -0.25) is 4.79 Å². The first kappa shape index (κ1) is 17.7. The molecule has 0 saturated heterocycles. The predicted molar refractivity (Wildman–Crippen MR) is 93.2 cm³/mol. The SMILES string of the molecule is COc1ccc(O[C@@H](C)C(=O)Nc2cc(Cl)c(Cl)cc2Cl)cc1. The molecule has 1 N–H and O–H groups in total. The van der Waals surface area contributed by atoms with Crippen LogP contribution in [0.1, 0.15) is 6.92 Å². The lowest BCUT2D eigenvalue weighted by Gasteiger charge is -2.16. The summed E-state index contributed by atoms with van der Waals surface area (Å²) < 4.78 is 10.6. The van der Waals surface area contributed by atoms with Crippen LogP contribution in [0.2, 0.25) is 15.1 Å². The number of carbonyl (C=O) groups is 1. The molecule has 0 heterocycles. The molecule has 2 rings (SSSR count). The highest BCUT2D eigenvalue weighted by atomic mass is 35.5. The molecule has 1 atom stereocenters. The first-order valence-corrected chi connectivity index (χ1v) is 7.80. The highest BCUT2D eigenvalue weighted by Crippen LogP contribution is 2.32. The Morgan fingerprint density at radius 1 is 1.00 bits per heavy atom.